The van der Waals surface area contributed by atoms with E-state index in [1.165, 1.54) is 6.08 Å². The Morgan fingerprint density at radius 2 is 2.10 bits per heavy atom. The summed E-state index contributed by atoms with van der Waals surface area (Å²) in [7, 11) is 1.60. The van der Waals surface area contributed by atoms with Crippen LogP contribution in [0.2, 0.25) is 0 Å². The third kappa shape index (κ3) is 1.91. The fourth-order valence-corrected chi connectivity index (χ4v) is 4.10. The Labute approximate surface area is 123 Å². The Bertz CT molecular complexity index is 583. The average molecular weight is 292 g/mol. The maximum Gasteiger partial charge on any atom is 0.340 e. The Balaban J connectivity index is 2.18. The number of hydrogen-bond donors (Lipinski definition) is 1. The van der Waals surface area contributed by atoms with E-state index in [0.717, 1.165) is 6.42 Å². The molecular weight excluding hydrogens is 272 g/mol. The Morgan fingerprint density at radius 3 is 2.71 bits per heavy atom. The highest BCUT2D eigenvalue weighted by Gasteiger charge is 2.56. The van der Waals surface area contributed by atoms with Crippen LogP contribution in [0.5, 0.6) is 0 Å². The Hall–Kier alpha value is -1.46. The monoisotopic (exact) mass is 292 g/mol. The first kappa shape index (κ1) is 14.5. The normalized spacial score (nSPS) is 42.4. The molecule has 1 saturated carbocycles. The number of esters is 1. The van der Waals surface area contributed by atoms with Crippen molar-refractivity contribution in [3.8, 4) is 0 Å². The van der Waals surface area contributed by atoms with Crippen molar-refractivity contribution in [2.24, 2.45) is 17.8 Å². The van der Waals surface area contributed by atoms with Crippen LogP contribution in [0.15, 0.2) is 23.0 Å². The van der Waals surface area contributed by atoms with Crippen molar-refractivity contribution < 1.29 is 24.2 Å². The highest BCUT2D eigenvalue weighted by Crippen LogP contribution is 2.50. The molecule has 1 N–H and O–H groups in total. The van der Waals surface area contributed by atoms with E-state index in [9.17, 15) is 14.7 Å². The maximum atomic E-state index is 12.9. The number of methoxy groups -OCH3 is 1. The second kappa shape index (κ2) is 4.52. The third-order valence-corrected chi connectivity index (χ3v) is 5.08. The molecule has 0 spiro atoms. The molecule has 0 amide bonds. The summed E-state index contributed by atoms with van der Waals surface area (Å²) in [6.07, 6.45) is 2.04. The van der Waals surface area contributed by atoms with E-state index in [1.807, 2.05) is 6.92 Å². The van der Waals surface area contributed by atoms with Gasteiger partial charge < -0.3 is 14.6 Å². The van der Waals surface area contributed by atoms with Gasteiger partial charge in [0, 0.05) is 24.5 Å². The lowest BCUT2D eigenvalue weighted by Gasteiger charge is -2.33. The second-order valence-electron chi connectivity index (χ2n) is 6.53. The molecule has 5 nitrogen and oxygen atoms in total. The van der Waals surface area contributed by atoms with Crippen molar-refractivity contribution in [1.29, 1.82) is 0 Å². The average Bonchev–Trinajstić information content (AvgIpc) is 2.84. The number of fused-ring (bicyclic) bond motifs is 2. The largest absolute Gasteiger partial charge is 0.423 e. The van der Waals surface area contributed by atoms with Gasteiger partial charge in [-0.05, 0) is 32.3 Å². The van der Waals surface area contributed by atoms with Crippen molar-refractivity contribution >= 4 is 11.8 Å². The van der Waals surface area contributed by atoms with Crippen LogP contribution in [0, 0.1) is 17.8 Å². The van der Waals surface area contributed by atoms with Gasteiger partial charge in [-0.1, -0.05) is 6.92 Å². The van der Waals surface area contributed by atoms with Crippen molar-refractivity contribution in [1.82, 2.24) is 0 Å². The smallest absolute Gasteiger partial charge is 0.340 e. The first-order chi connectivity index (χ1) is 9.77. The summed E-state index contributed by atoms with van der Waals surface area (Å²) in [5.41, 5.74) is -0.597. The number of allylic oxidation sites excluding steroid dienone is 1. The molecule has 5 heteroatoms. The van der Waals surface area contributed by atoms with Crippen LogP contribution >= 0.6 is 0 Å². The first-order valence-electron chi connectivity index (χ1n) is 7.23. The highest BCUT2D eigenvalue weighted by molar-refractivity contribution is 6.11. The minimum absolute atomic E-state index is 0.0858. The fourth-order valence-electron chi connectivity index (χ4n) is 4.10. The lowest BCUT2D eigenvalue weighted by molar-refractivity contribution is -0.133. The molecule has 0 aromatic carbocycles. The number of hydrogen-bond acceptors (Lipinski definition) is 5. The number of aliphatic hydroxyl groups is 1. The zero-order valence-electron chi connectivity index (χ0n) is 12.7. The molecule has 0 aromatic heterocycles. The number of carbonyl (C=O) groups is 2. The van der Waals surface area contributed by atoms with Crippen molar-refractivity contribution in [3.63, 3.8) is 0 Å². The summed E-state index contributed by atoms with van der Waals surface area (Å²) in [6.45, 7) is 5.24. The van der Waals surface area contributed by atoms with Gasteiger partial charge in [-0.15, -0.1) is 0 Å². The van der Waals surface area contributed by atoms with Crippen LogP contribution < -0.4 is 0 Å². The predicted octanol–water partition coefficient (Wildman–Crippen LogP) is 1.36. The van der Waals surface area contributed by atoms with E-state index in [2.05, 4.69) is 0 Å². The van der Waals surface area contributed by atoms with Gasteiger partial charge in [-0.2, -0.15) is 0 Å². The zero-order chi connectivity index (χ0) is 15.5. The lowest BCUT2D eigenvalue weighted by atomic mass is 9.77. The van der Waals surface area contributed by atoms with E-state index in [1.54, 1.807) is 21.0 Å². The SMILES string of the molecule is CO[C@H]1C[C@H](C)[C@H]2C(=O)C3=C(C)C(=O)OC3=C[C@@](C)(O)[C@@H]21. The lowest BCUT2D eigenvalue weighted by Crippen LogP contribution is -2.43. The minimum atomic E-state index is -1.26. The molecule has 0 aromatic rings. The molecule has 1 heterocycles. The quantitative estimate of drug-likeness (QED) is 0.739. The third-order valence-electron chi connectivity index (χ3n) is 5.08. The van der Waals surface area contributed by atoms with Gasteiger partial charge in [0.1, 0.15) is 5.76 Å². The van der Waals surface area contributed by atoms with Crippen LogP contribution in [0.1, 0.15) is 27.2 Å². The van der Waals surface area contributed by atoms with Crippen molar-refractivity contribution in [3.05, 3.63) is 23.0 Å². The molecule has 2 aliphatic carbocycles. The van der Waals surface area contributed by atoms with Gasteiger partial charge in [-0.3, -0.25) is 4.79 Å². The van der Waals surface area contributed by atoms with E-state index in [4.69, 9.17) is 9.47 Å². The molecule has 1 fully saturated rings. The summed E-state index contributed by atoms with van der Waals surface area (Å²) >= 11 is 0. The number of carbonyl (C=O) groups excluding carboxylic acids is 2. The number of ketones is 1. The van der Waals surface area contributed by atoms with Crippen LogP contribution in [-0.2, 0) is 19.1 Å². The van der Waals surface area contributed by atoms with Crippen molar-refractivity contribution in [2.45, 2.75) is 38.9 Å². The zero-order valence-corrected chi connectivity index (χ0v) is 12.7. The van der Waals surface area contributed by atoms with E-state index in [-0.39, 0.29) is 35.4 Å². The van der Waals surface area contributed by atoms with Crippen LogP contribution in [0.25, 0.3) is 0 Å². The predicted molar refractivity (Wildman–Crippen MR) is 74.1 cm³/mol. The maximum absolute atomic E-state index is 12.9. The van der Waals surface area contributed by atoms with Crippen molar-refractivity contribution in [2.75, 3.05) is 7.11 Å². The molecule has 0 saturated heterocycles. The fraction of sp³-hybridized carbons (Fsp3) is 0.625. The molecular formula is C16H20O5. The minimum Gasteiger partial charge on any atom is -0.423 e. The summed E-state index contributed by atoms with van der Waals surface area (Å²) in [5, 5.41) is 10.9. The second-order valence-corrected chi connectivity index (χ2v) is 6.53. The summed E-state index contributed by atoms with van der Waals surface area (Å²) < 4.78 is 10.7. The van der Waals surface area contributed by atoms with Gasteiger partial charge in [0.05, 0.1) is 17.3 Å². The summed E-state index contributed by atoms with van der Waals surface area (Å²) in [4.78, 5) is 24.7. The van der Waals surface area contributed by atoms with Crippen LogP contribution in [-0.4, -0.2) is 35.7 Å². The molecule has 0 unspecified atom stereocenters. The van der Waals surface area contributed by atoms with E-state index < -0.39 is 11.6 Å². The van der Waals surface area contributed by atoms with Crippen LogP contribution in [0.3, 0.4) is 0 Å². The van der Waals surface area contributed by atoms with E-state index in [0.29, 0.717) is 11.1 Å². The molecule has 0 radical (unpaired) electrons. The molecule has 5 atom stereocenters. The molecule has 3 rings (SSSR count). The first-order valence-corrected chi connectivity index (χ1v) is 7.23. The van der Waals surface area contributed by atoms with Crippen LogP contribution in [0.4, 0.5) is 0 Å². The number of ether oxygens (including phenoxy) is 2. The summed E-state index contributed by atoms with van der Waals surface area (Å²) in [5.74, 6) is -1.03. The molecule has 3 aliphatic rings. The van der Waals surface area contributed by atoms with Gasteiger partial charge in [-0.25, -0.2) is 4.79 Å². The van der Waals surface area contributed by atoms with E-state index >= 15 is 0 Å². The molecule has 114 valence electrons. The number of rotatable bonds is 1. The highest BCUT2D eigenvalue weighted by atomic mass is 16.5. The van der Waals surface area contributed by atoms with Gasteiger partial charge in [0.2, 0.25) is 0 Å². The van der Waals surface area contributed by atoms with Gasteiger partial charge in [0.15, 0.2) is 5.78 Å². The Kier molecular flexibility index (Phi) is 3.11. The van der Waals surface area contributed by atoms with Gasteiger partial charge in [0.25, 0.3) is 0 Å². The number of Topliss-reactive ketones (excluding diaryl/α,β-unsaturated/α-hetero) is 1. The standard InChI is InChI=1S/C16H20O5/c1-7-5-9(20-4)13-11(7)14(17)12-8(2)15(18)21-10(12)6-16(13,3)19/h6-7,9,11,13,19H,5H2,1-4H3/t7-,9-,11+,13+,16+/m0/s1. The Morgan fingerprint density at radius 1 is 1.43 bits per heavy atom. The van der Waals surface area contributed by atoms with Gasteiger partial charge >= 0.3 is 5.97 Å². The topological polar surface area (TPSA) is 72.8 Å². The summed E-state index contributed by atoms with van der Waals surface area (Å²) in [6, 6.07) is 0. The molecule has 1 aliphatic heterocycles. The molecule has 0 bridgehead atoms. The molecule has 21 heavy (non-hydrogen) atoms.